The zero-order valence-corrected chi connectivity index (χ0v) is 15.8. The van der Waals surface area contributed by atoms with Gasteiger partial charge >= 0.3 is 0 Å². The van der Waals surface area contributed by atoms with Crippen LogP contribution >= 0.6 is 0 Å². The van der Waals surface area contributed by atoms with Crippen LogP contribution in [0.15, 0.2) is 48.5 Å². The van der Waals surface area contributed by atoms with Gasteiger partial charge in [0.2, 0.25) is 0 Å². The maximum Gasteiger partial charge on any atom is 0.257 e. The second-order valence-electron chi connectivity index (χ2n) is 6.88. The molecule has 0 unspecified atom stereocenters. The van der Waals surface area contributed by atoms with Crippen LogP contribution in [-0.4, -0.2) is 45.1 Å². The average molecular weight is 392 g/mol. The minimum atomic E-state index is -0.423. The molecular formula is C21H20N4O4. The number of likely N-dealkylation sites (tertiary alicyclic amines) is 1. The molecule has 0 saturated carbocycles. The first-order valence-corrected chi connectivity index (χ1v) is 9.22. The molecule has 0 radical (unpaired) electrons. The fourth-order valence-corrected chi connectivity index (χ4v) is 2.95. The van der Waals surface area contributed by atoms with E-state index in [9.17, 15) is 14.7 Å². The summed E-state index contributed by atoms with van der Waals surface area (Å²) in [6, 6.07) is 12.7. The number of hydrogen-bond acceptors (Lipinski definition) is 5. The highest BCUT2D eigenvalue weighted by molar-refractivity contribution is 6.04. The maximum absolute atomic E-state index is 12.4. The smallest absolute Gasteiger partial charge is 0.257 e. The van der Waals surface area contributed by atoms with Gasteiger partial charge in [-0.15, -0.1) is 0 Å². The highest BCUT2D eigenvalue weighted by Crippen LogP contribution is 2.28. The van der Waals surface area contributed by atoms with Gasteiger partial charge in [-0.2, -0.15) is 5.10 Å². The monoisotopic (exact) mass is 392 g/mol. The molecule has 0 atom stereocenters. The number of aromatic nitrogens is 2. The Bertz CT molecular complexity index is 1050. The number of ether oxygens (including phenoxy) is 1. The third kappa shape index (κ3) is 4.21. The van der Waals surface area contributed by atoms with Gasteiger partial charge in [0.25, 0.3) is 11.8 Å². The summed E-state index contributed by atoms with van der Waals surface area (Å²) in [4.78, 5) is 26.4. The summed E-state index contributed by atoms with van der Waals surface area (Å²) in [5, 5.41) is 19.3. The van der Waals surface area contributed by atoms with Crippen LogP contribution in [-0.2, 0) is 0 Å². The van der Waals surface area contributed by atoms with Crippen molar-refractivity contribution in [3.63, 3.8) is 0 Å². The standard InChI is InChI=1S/C21H20N4O4/c1-13-9-19(24-23-13)22-20(27)15-10-16(26)12-18(11-15)29-17-5-3-14(4-6-17)21(28)25-7-2-8-25/h3-6,9-12,26H,2,7-8H2,1H3,(H2,22,23,24,27). The number of aryl methyl sites for hydroxylation is 1. The van der Waals surface area contributed by atoms with Crippen molar-refractivity contribution in [1.82, 2.24) is 15.1 Å². The molecule has 3 N–H and O–H groups in total. The molecule has 8 heteroatoms. The molecular weight excluding hydrogens is 372 g/mol. The summed E-state index contributed by atoms with van der Waals surface area (Å²) in [6.45, 7) is 3.41. The molecule has 0 spiro atoms. The summed E-state index contributed by atoms with van der Waals surface area (Å²) in [5.74, 6) is 0.664. The van der Waals surface area contributed by atoms with Crippen LogP contribution < -0.4 is 10.1 Å². The summed E-state index contributed by atoms with van der Waals surface area (Å²) in [7, 11) is 0. The number of phenolic OH excluding ortho intramolecular Hbond substituents is 1. The second kappa shape index (κ2) is 7.67. The molecule has 2 aromatic carbocycles. The fourth-order valence-electron chi connectivity index (χ4n) is 2.95. The van der Waals surface area contributed by atoms with Crippen molar-refractivity contribution >= 4 is 17.6 Å². The highest BCUT2D eigenvalue weighted by Gasteiger charge is 2.21. The molecule has 1 fully saturated rings. The lowest BCUT2D eigenvalue weighted by molar-refractivity contribution is 0.0651. The Balaban J connectivity index is 1.47. The molecule has 2 heterocycles. The lowest BCUT2D eigenvalue weighted by Gasteiger charge is -2.30. The first kappa shape index (κ1) is 18.5. The number of H-pyrrole nitrogens is 1. The number of hydrogen-bond donors (Lipinski definition) is 3. The fraction of sp³-hybridized carbons (Fsp3) is 0.190. The number of aromatic hydroxyl groups is 1. The Morgan fingerprint density at radius 2 is 1.83 bits per heavy atom. The molecule has 29 heavy (non-hydrogen) atoms. The SMILES string of the molecule is Cc1cc(NC(=O)c2cc(O)cc(Oc3ccc(C(=O)N4CCC4)cc3)c2)n[nH]1. The Hall–Kier alpha value is -3.81. The van der Waals surface area contributed by atoms with E-state index in [1.165, 1.54) is 18.2 Å². The Kier molecular flexibility index (Phi) is 4.90. The van der Waals surface area contributed by atoms with Gasteiger partial charge < -0.3 is 20.1 Å². The van der Waals surface area contributed by atoms with Gasteiger partial charge in [-0.3, -0.25) is 14.7 Å². The zero-order valence-electron chi connectivity index (χ0n) is 15.8. The summed E-state index contributed by atoms with van der Waals surface area (Å²) >= 11 is 0. The number of carbonyl (C=O) groups is 2. The third-order valence-electron chi connectivity index (χ3n) is 4.58. The van der Waals surface area contributed by atoms with Gasteiger partial charge in [-0.25, -0.2) is 0 Å². The van der Waals surface area contributed by atoms with Crippen LogP contribution in [0.25, 0.3) is 0 Å². The van der Waals surface area contributed by atoms with Crippen molar-refractivity contribution in [2.75, 3.05) is 18.4 Å². The van der Waals surface area contributed by atoms with Crippen molar-refractivity contribution in [3.05, 3.63) is 65.4 Å². The predicted molar refractivity (Wildman–Crippen MR) is 106 cm³/mol. The highest BCUT2D eigenvalue weighted by atomic mass is 16.5. The largest absolute Gasteiger partial charge is 0.508 e. The van der Waals surface area contributed by atoms with E-state index >= 15 is 0 Å². The van der Waals surface area contributed by atoms with Gasteiger partial charge in [0.1, 0.15) is 17.2 Å². The van der Waals surface area contributed by atoms with Crippen LogP contribution in [0.2, 0.25) is 0 Å². The van der Waals surface area contributed by atoms with Crippen LogP contribution in [0, 0.1) is 6.92 Å². The van der Waals surface area contributed by atoms with Gasteiger partial charge in [0, 0.05) is 42.0 Å². The van der Waals surface area contributed by atoms with E-state index in [1.807, 2.05) is 6.92 Å². The molecule has 4 rings (SSSR count). The molecule has 8 nitrogen and oxygen atoms in total. The van der Waals surface area contributed by atoms with Crippen LogP contribution in [0.5, 0.6) is 17.2 Å². The van der Waals surface area contributed by atoms with Crippen LogP contribution in [0.1, 0.15) is 32.8 Å². The molecule has 0 bridgehead atoms. The predicted octanol–water partition coefficient (Wildman–Crippen LogP) is 3.31. The Morgan fingerprint density at radius 3 is 2.45 bits per heavy atom. The quantitative estimate of drug-likeness (QED) is 0.617. The molecule has 1 aromatic heterocycles. The van der Waals surface area contributed by atoms with Gasteiger partial charge in [-0.05, 0) is 49.7 Å². The molecule has 1 aliphatic heterocycles. The minimum Gasteiger partial charge on any atom is -0.508 e. The summed E-state index contributed by atoms with van der Waals surface area (Å²) in [5.41, 5.74) is 1.64. The van der Waals surface area contributed by atoms with E-state index in [1.54, 1.807) is 35.2 Å². The van der Waals surface area contributed by atoms with E-state index in [0.717, 1.165) is 25.2 Å². The van der Waals surface area contributed by atoms with E-state index in [0.29, 0.717) is 22.9 Å². The van der Waals surface area contributed by atoms with Crippen molar-refractivity contribution in [2.24, 2.45) is 0 Å². The maximum atomic E-state index is 12.4. The lowest BCUT2D eigenvalue weighted by Crippen LogP contribution is -2.41. The summed E-state index contributed by atoms with van der Waals surface area (Å²) in [6.07, 6.45) is 1.04. The first-order chi connectivity index (χ1) is 14.0. The lowest BCUT2D eigenvalue weighted by atomic mass is 10.1. The third-order valence-corrected chi connectivity index (χ3v) is 4.58. The number of carbonyl (C=O) groups excluding carboxylic acids is 2. The minimum absolute atomic E-state index is 0.00714. The molecule has 3 aromatic rings. The van der Waals surface area contributed by atoms with Gasteiger partial charge in [-0.1, -0.05) is 0 Å². The number of phenols is 1. The molecule has 1 aliphatic rings. The molecule has 2 amide bonds. The average Bonchev–Trinajstić information content (AvgIpc) is 3.05. The number of amides is 2. The number of anilines is 1. The van der Waals surface area contributed by atoms with E-state index in [2.05, 4.69) is 15.5 Å². The van der Waals surface area contributed by atoms with Gasteiger partial charge in [0.15, 0.2) is 5.82 Å². The zero-order chi connectivity index (χ0) is 20.4. The van der Waals surface area contributed by atoms with E-state index < -0.39 is 5.91 Å². The molecule has 0 aliphatic carbocycles. The molecule has 1 saturated heterocycles. The Morgan fingerprint density at radius 1 is 1.07 bits per heavy atom. The number of aromatic amines is 1. The molecule has 148 valence electrons. The van der Waals surface area contributed by atoms with Crippen molar-refractivity contribution < 1.29 is 19.4 Å². The number of rotatable bonds is 5. The number of nitrogens with one attached hydrogen (secondary N) is 2. The van der Waals surface area contributed by atoms with Crippen LogP contribution in [0.4, 0.5) is 5.82 Å². The van der Waals surface area contributed by atoms with Gasteiger partial charge in [0.05, 0.1) is 0 Å². The normalized spacial score (nSPS) is 12.9. The van der Waals surface area contributed by atoms with Crippen molar-refractivity contribution in [1.29, 1.82) is 0 Å². The first-order valence-electron chi connectivity index (χ1n) is 9.22. The number of nitrogens with zero attached hydrogens (tertiary/aromatic N) is 2. The van der Waals surface area contributed by atoms with Crippen molar-refractivity contribution in [2.45, 2.75) is 13.3 Å². The topological polar surface area (TPSA) is 108 Å². The van der Waals surface area contributed by atoms with Crippen LogP contribution in [0.3, 0.4) is 0 Å². The van der Waals surface area contributed by atoms with E-state index in [-0.39, 0.29) is 17.2 Å². The number of benzene rings is 2. The van der Waals surface area contributed by atoms with Crippen molar-refractivity contribution in [3.8, 4) is 17.2 Å². The summed E-state index contributed by atoms with van der Waals surface area (Å²) < 4.78 is 5.75. The van der Waals surface area contributed by atoms with E-state index in [4.69, 9.17) is 4.74 Å². The Labute approximate surface area is 167 Å². The second-order valence-corrected chi connectivity index (χ2v) is 6.88.